The first kappa shape index (κ1) is 17.7. The lowest BCUT2D eigenvalue weighted by atomic mass is 9.95. The van der Waals surface area contributed by atoms with Crippen molar-refractivity contribution >= 4 is 39.2 Å². The molecular formula is C16H19BrN2O3S. The smallest absolute Gasteiger partial charge is 0.338 e. The van der Waals surface area contributed by atoms with Gasteiger partial charge in [-0.15, -0.1) is 0 Å². The Hall–Kier alpha value is -1.60. The average Bonchev–Trinajstić information content (AvgIpc) is 2.45. The van der Waals surface area contributed by atoms with Gasteiger partial charge >= 0.3 is 5.97 Å². The van der Waals surface area contributed by atoms with Crippen LogP contribution in [0.1, 0.15) is 32.4 Å². The second-order valence-electron chi connectivity index (χ2n) is 5.41. The van der Waals surface area contributed by atoms with Crippen LogP contribution in [0.4, 0.5) is 0 Å². The lowest BCUT2D eigenvalue weighted by Crippen LogP contribution is -2.45. The lowest BCUT2D eigenvalue weighted by Gasteiger charge is -2.31. The van der Waals surface area contributed by atoms with E-state index in [1.807, 2.05) is 39.0 Å². The molecule has 0 aliphatic carbocycles. The third kappa shape index (κ3) is 4.03. The van der Waals surface area contributed by atoms with E-state index in [9.17, 15) is 4.79 Å². The number of esters is 1. The van der Waals surface area contributed by atoms with Crippen molar-refractivity contribution in [3.05, 3.63) is 39.5 Å². The molecule has 0 radical (unpaired) electrons. The maximum atomic E-state index is 12.5. The molecule has 0 bridgehead atoms. The molecule has 1 aliphatic rings. The number of rotatable bonds is 4. The molecule has 2 rings (SSSR count). The molecule has 0 unspecified atom stereocenters. The molecule has 124 valence electrons. The van der Waals surface area contributed by atoms with Gasteiger partial charge in [-0.25, -0.2) is 4.79 Å². The first-order chi connectivity index (χ1) is 10.8. The number of hydrogen-bond acceptors (Lipinski definition) is 4. The van der Waals surface area contributed by atoms with E-state index in [1.54, 1.807) is 7.11 Å². The zero-order chi connectivity index (χ0) is 17.1. The minimum Gasteiger partial charge on any atom is -0.496 e. The van der Waals surface area contributed by atoms with Gasteiger partial charge in [-0.05, 0) is 51.2 Å². The molecule has 2 N–H and O–H groups in total. The summed E-state index contributed by atoms with van der Waals surface area (Å²) in [6.07, 6.45) is -0.207. The van der Waals surface area contributed by atoms with Crippen LogP contribution in [0.15, 0.2) is 33.9 Å². The minimum absolute atomic E-state index is 0.207. The number of thiocarbonyl (C=S) groups is 1. The summed E-state index contributed by atoms with van der Waals surface area (Å²) < 4.78 is 11.7. The maximum absolute atomic E-state index is 12.5. The molecule has 0 saturated carbocycles. The van der Waals surface area contributed by atoms with Crippen LogP contribution in [0.25, 0.3) is 0 Å². The third-order valence-corrected chi connectivity index (χ3v) is 4.05. The van der Waals surface area contributed by atoms with Gasteiger partial charge in [0.1, 0.15) is 5.75 Å². The van der Waals surface area contributed by atoms with E-state index < -0.39 is 6.04 Å². The van der Waals surface area contributed by atoms with E-state index >= 15 is 0 Å². The highest BCUT2D eigenvalue weighted by Gasteiger charge is 2.33. The van der Waals surface area contributed by atoms with Gasteiger partial charge in [-0.3, -0.25) is 0 Å². The van der Waals surface area contributed by atoms with Crippen molar-refractivity contribution in [1.82, 2.24) is 10.6 Å². The molecule has 1 aromatic rings. The summed E-state index contributed by atoms with van der Waals surface area (Å²) in [6.45, 7) is 5.44. The summed E-state index contributed by atoms with van der Waals surface area (Å²) in [4.78, 5) is 12.5. The Balaban J connectivity index is 2.53. The van der Waals surface area contributed by atoms with Gasteiger partial charge in [0.15, 0.2) is 5.11 Å². The van der Waals surface area contributed by atoms with E-state index in [0.717, 1.165) is 10.0 Å². The molecule has 1 heterocycles. The number of carbonyl (C=O) groups excluding carboxylic acids is 1. The highest BCUT2D eigenvalue weighted by molar-refractivity contribution is 9.10. The molecule has 0 saturated heterocycles. The Kier molecular flexibility index (Phi) is 5.64. The second kappa shape index (κ2) is 7.31. The number of ether oxygens (including phenoxy) is 2. The van der Waals surface area contributed by atoms with E-state index in [-0.39, 0.29) is 12.1 Å². The Labute approximate surface area is 149 Å². The molecule has 0 amide bonds. The fourth-order valence-corrected chi connectivity index (χ4v) is 3.06. The number of carbonyl (C=O) groups is 1. The van der Waals surface area contributed by atoms with E-state index in [4.69, 9.17) is 21.7 Å². The standard InChI is InChI=1S/C16H19BrN2O3S/c1-8(2)22-15(20)13-9(3)18-16(23)19-14(13)11-7-10(17)5-6-12(11)21-4/h5-8,14H,1-4H3,(H2,18,19,23)/t14-/m0/s1. The predicted molar refractivity (Wildman–Crippen MR) is 96.2 cm³/mol. The quantitative estimate of drug-likeness (QED) is 0.599. The molecule has 0 fully saturated rings. The average molecular weight is 399 g/mol. The molecule has 0 aromatic heterocycles. The minimum atomic E-state index is -0.442. The number of benzene rings is 1. The number of nitrogens with one attached hydrogen (secondary N) is 2. The van der Waals surface area contributed by atoms with Crippen LogP contribution in [0.2, 0.25) is 0 Å². The third-order valence-electron chi connectivity index (χ3n) is 3.33. The molecule has 1 atom stereocenters. The first-order valence-corrected chi connectivity index (χ1v) is 8.36. The summed E-state index contributed by atoms with van der Waals surface area (Å²) in [6, 6.07) is 5.18. The Morgan fingerprint density at radius 2 is 2.09 bits per heavy atom. The van der Waals surface area contributed by atoms with Crippen molar-refractivity contribution in [2.45, 2.75) is 32.9 Å². The van der Waals surface area contributed by atoms with E-state index in [2.05, 4.69) is 26.6 Å². The Morgan fingerprint density at radius 1 is 1.39 bits per heavy atom. The van der Waals surface area contributed by atoms with Crippen LogP contribution in [-0.2, 0) is 9.53 Å². The van der Waals surface area contributed by atoms with Gasteiger partial charge in [0.2, 0.25) is 0 Å². The van der Waals surface area contributed by atoms with E-state index in [1.165, 1.54) is 0 Å². The van der Waals surface area contributed by atoms with Crippen LogP contribution < -0.4 is 15.4 Å². The number of hydrogen-bond donors (Lipinski definition) is 2. The van der Waals surface area contributed by atoms with Gasteiger partial charge < -0.3 is 20.1 Å². The largest absolute Gasteiger partial charge is 0.496 e. The SMILES string of the molecule is COc1ccc(Br)cc1[C@@H]1NC(=S)NC(C)=C1C(=O)OC(C)C. The second-order valence-corrected chi connectivity index (χ2v) is 6.73. The molecule has 0 spiro atoms. The Morgan fingerprint density at radius 3 is 2.70 bits per heavy atom. The van der Waals surface area contributed by atoms with Crippen molar-refractivity contribution in [2.24, 2.45) is 0 Å². The topological polar surface area (TPSA) is 59.6 Å². The summed E-state index contributed by atoms with van der Waals surface area (Å²) in [5.41, 5.74) is 1.97. The van der Waals surface area contributed by atoms with Crippen LogP contribution >= 0.6 is 28.1 Å². The van der Waals surface area contributed by atoms with Crippen molar-refractivity contribution < 1.29 is 14.3 Å². The van der Waals surface area contributed by atoms with Gasteiger partial charge in [0.05, 0.1) is 24.8 Å². The molecule has 1 aromatic carbocycles. The van der Waals surface area contributed by atoms with Crippen molar-refractivity contribution in [2.75, 3.05) is 7.11 Å². The fourth-order valence-electron chi connectivity index (χ4n) is 2.41. The number of methoxy groups -OCH3 is 1. The summed E-state index contributed by atoms with van der Waals surface area (Å²) >= 11 is 8.69. The lowest BCUT2D eigenvalue weighted by molar-refractivity contribution is -0.143. The van der Waals surface area contributed by atoms with Crippen molar-refractivity contribution in [3.8, 4) is 5.75 Å². The van der Waals surface area contributed by atoms with Gasteiger partial charge in [0, 0.05) is 15.7 Å². The van der Waals surface area contributed by atoms with Crippen LogP contribution in [0.3, 0.4) is 0 Å². The highest BCUT2D eigenvalue weighted by Crippen LogP contribution is 2.35. The maximum Gasteiger partial charge on any atom is 0.338 e. The zero-order valence-corrected chi connectivity index (χ0v) is 15.8. The van der Waals surface area contributed by atoms with Crippen LogP contribution in [-0.4, -0.2) is 24.3 Å². The summed E-state index contributed by atoms with van der Waals surface area (Å²) in [5.74, 6) is 0.282. The fraction of sp³-hybridized carbons (Fsp3) is 0.375. The first-order valence-electron chi connectivity index (χ1n) is 7.16. The predicted octanol–water partition coefficient (Wildman–Crippen LogP) is 3.20. The normalized spacial score (nSPS) is 17.7. The number of allylic oxidation sites excluding steroid dienone is 1. The Bertz CT molecular complexity index is 673. The molecular weight excluding hydrogens is 380 g/mol. The van der Waals surface area contributed by atoms with Gasteiger partial charge in [-0.2, -0.15) is 0 Å². The summed E-state index contributed by atoms with van der Waals surface area (Å²) in [7, 11) is 1.59. The van der Waals surface area contributed by atoms with Crippen LogP contribution in [0.5, 0.6) is 5.75 Å². The monoisotopic (exact) mass is 398 g/mol. The molecule has 1 aliphatic heterocycles. The molecule has 23 heavy (non-hydrogen) atoms. The molecule has 7 heteroatoms. The van der Waals surface area contributed by atoms with Gasteiger partial charge in [0.25, 0.3) is 0 Å². The van der Waals surface area contributed by atoms with E-state index in [0.29, 0.717) is 22.1 Å². The number of halogens is 1. The zero-order valence-electron chi connectivity index (χ0n) is 13.4. The highest BCUT2D eigenvalue weighted by atomic mass is 79.9. The summed E-state index contributed by atoms with van der Waals surface area (Å²) in [5, 5.41) is 6.57. The van der Waals surface area contributed by atoms with Crippen molar-refractivity contribution in [1.29, 1.82) is 0 Å². The van der Waals surface area contributed by atoms with Crippen LogP contribution in [0, 0.1) is 0 Å². The van der Waals surface area contributed by atoms with Gasteiger partial charge in [-0.1, -0.05) is 15.9 Å². The molecule has 5 nitrogen and oxygen atoms in total. The van der Waals surface area contributed by atoms with Crippen molar-refractivity contribution in [3.63, 3.8) is 0 Å².